The Labute approximate surface area is 184 Å². The number of carbonyl (C=O) groups excluding carboxylic acids is 2. The van der Waals surface area contributed by atoms with Gasteiger partial charge in [0.05, 0.1) is 6.20 Å². The van der Waals surface area contributed by atoms with Gasteiger partial charge in [-0.15, -0.1) is 0 Å². The summed E-state index contributed by atoms with van der Waals surface area (Å²) in [4.78, 5) is 29.6. The second-order valence-electron chi connectivity index (χ2n) is 8.69. The lowest BCUT2D eigenvalue weighted by molar-refractivity contribution is -0.140. The van der Waals surface area contributed by atoms with Crippen molar-refractivity contribution in [3.05, 3.63) is 48.3 Å². The lowest BCUT2D eigenvalue weighted by Crippen LogP contribution is -2.52. The molecule has 2 aliphatic heterocycles. The second-order valence-corrected chi connectivity index (χ2v) is 8.69. The number of nitrogens with zero attached hydrogens (tertiary/aromatic N) is 4. The summed E-state index contributed by atoms with van der Waals surface area (Å²) in [5, 5.41) is 4.22. The molecule has 2 fully saturated rings. The van der Waals surface area contributed by atoms with E-state index in [4.69, 9.17) is 4.74 Å². The second kappa shape index (κ2) is 9.98. The van der Waals surface area contributed by atoms with Gasteiger partial charge in [-0.25, -0.2) is 0 Å². The van der Waals surface area contributed by atoms with Gasteiger partial charge in [-0.3, -0.25) is 14.3 Å². The zero-order valence-electron chi connectivity index (χ0n) is 18.3. The molecular weight excluding hydrogens is 392 g/mol. The van der Waals surface area contributed by atoms with Crippen molar-refractivity contribution in [2.24, 2.45) is 5.92 Å². The molecule has 31 heavy (non-hydrogen) atoms. The maximum atomic E-state index is 12.9. The highest BCUT2D eigenvalue weighted by Gasteiger charge is 2.35. The van der Waals surface area contributed by atoms with Crippen molar-refractivity contribution < 1.29 is 14.3 Å². The fourth-order valence-electron chi connectivity index (χ4n) is 4.83. The number of rotatable bonds is 6. The Morgan fingerprint density at radius 3 is 2.52 bits per heavy atom. The van der Waals surface area contributed by atoms with E-state index in [9.17, 15) is 9.59 Å². The standard InChI is InChI=1S/C24H32N4O3/c1-19-15-25-27(16-19)17-23(29)26-13-10-20(11-14-26)22-9-5-6-12-28(22)24(30)18-31-21-7-3-2-4-8-21/h2-4,7-8,15-16,20,22H,5-6,9-14,17-18H2,1H3/t22-/m0/s1. The van der Waals surface area contributed by atoms with Crippen molar-refractivity contribution in [1.82, 2.24) is 19.6 Å². The molecule has 3 heterocycles. The summed E-state index contributed by atoms with van der Waals surface area (Å²) in [5.41, 5.74) is 1.06. The zero-order chi connectivity index (χ0) is 21.6. The molecule has 7 nitrogen and oxygen atoms in total. The highest BCUT2D eigenvalue weighted by molar-refractivity contribution is 5.78. The Morgan fingerprint density at radius 1 is 1.03 bits per heavy atom. The molecule has 7 heteroatoms. The lowest BCUT2D eigenvalue weighted by Gasteiger charge is -2.43. The molecule has 2 amide bonds. The van der Waals surface area contributed by atoms with Gasteiger partial charge >= 0.3 is 0 Å². The number of ether oxygens (including phenoxy) is 1. The summed E-state index contributed by atoms with van der Waals surface area (Å²) in [6, 6.07) is 9.75. The summed E-state index contributed by atoms with van der Waals surface area (Å²) in [5.74, 6) is 1.36. The molecule has 166 valence electrons. The van der Waals surface area contributed by atoms with Crippen LogP contribution >= 0.6 is 0 Å². The van der Waals surface area contributed by atoms with Crippen LogP contribution in [0.15, 0.2) is 42.7 Å². The lowest BCUT2D eigenvalue weighted by atomic mass is 9.83. The molecule has 0 aliphatic carbocycles. The van der Waals surface area contributed by atoms with Gasteiger partial charge in [-0.1, -0.05) is 18.2 Å². The molecule has 1 aromatic heterocycles. The van der Waals surface area contributed by atoms with Crippen molar-refractivity contribution >= 4 is 11.8 Å². The van der Waals surface area contributed by atoms with Crippen molar-refractivity contribution in [2.75, 3.05) is 26.2 Å². The quantitative estimate of drug-likeness (QED) is 0.715. The first-order valence-corrected chi connectivity index (χ1v) is 11.3. The Kier molecular flexibility index (Phi) is 6.89. The van der Waals surface area contributed by atoms with Crippen molar-refractivity contribution in [3.63, 3.8) is 0 Å². The number of carbonyl (C=O) groups is 2. The number of hydrogen-bond donors (Lipinski definition) is 0. The molecule has 0 radical (unpaired) electrons. The maximum Gasteiger partial charge on any atom is 0.260 e. The molecule has 1 atom stereocenters. The van der Waals surface area contributed by atoms with Gasteiger partial charge in [-0.05, 0) is 62.6 Å². The first kappa shape index (κ1) is 21.4. The monoisotopic (exact) mass is 424 g/mol. The molecule has 0 bridgehead atoms. The molecular formula is C24H32N4O3. The number of hydrogen-bond acceptors (Lipinski definition) is 4. The third kappa shape index (κ3) is 5.46. The third-order valence-electron chi connectivity index (χ3n) is 6.47. The van der Waals surface area contributed by atoms with Crippen LogP contribution in [0, 0.1) is 12.8 Å². The number of likely N-dealkylation sites (tertiary alicyclic amines) is 2. The molecule has 2 saturated heterocycles. The number of amides is 2. The van der Waals surface area contributed by atoms with Gasteiger partial charge in [0, 0.05) is 31.9 Å². The Balaban J connectivity index is 1.29. The van der Waals surface area contributed by atoms with Gasteiger partial charge in [0.1, 0.15) is 12.3 Å². The van der Waals surface area contributed by atoms with Crippen LogP contribution in [-0.4, -0.2) is 63.7 Å². The third-order valence-corrected chi connectivity index (χ3v) is 6.47. The molecule has 2 aliphatic rings. The largest absolute Gasteiger partial charge is 0.484 e. The first-order valence-electron chi connectivity index (χ1n) is 11.3. The van der Waals surface area contributed by atoms with E-state index in [0.29, 0.717) is 12.5 Å². The number of benzene rings is 1. The topological polar surface area (TPSA) is 67.7 Å². The zero-order valence-corrected chi connectivity index (χ0v) is 18.3. The van der Waals surface area contributed by atoms with E-state index in [-0.39, 0.29) is 24.5 Å². The fraction of sp³-hybridized carbons (Fsp3) is 0.542. The van der Waals surface area contributed by atoms with Crippen LogP contribution in [0.2, 0.25) is 0 Å². The van der Waals surface area contributed by atoms with E-state index in [1.807, 2.05) is 53.3 Å². The van der Waals surface area contributed by atoms with E-state index in [1.165, 1.54) is 0 Å². The molecule has 0 unspecified atom stereocenters. The molecule has 0 saturated carbocycles. The first-order chi connectivity index (χ1) is 15.1. The summed E-state index contributed by atoms with van der Waals surface area (Å²) in [6.07, 6.45) is 8.81. The normalized spacial score (nSPS) is 20.0. The number of para-hydroxylation sites is 1. The van der Waals surface area contributed by atoms with Crippen LogP contribution in [-0.2, 0) is 16.1 Å². The SMILES string of the molecule is Cc1cnn(CC(=O)N2CCC([C@@H]3CCCCN3C(=O)COc3ccccc3)CC2)c1. The van der Waals surface area contributed by atoms with Crippen LogP contribution in [0.25, 0.3) is 0 Å². The molecule has 1 aromatic carbocycles. The minimum atomic E-state index is 0.0705. The predicted octanol–water partition coefficient (Wildman–Crippen LogP) is 2.89. The highest BCUT2D eigenvalue weighted by atomic mass is 16.5. The number of piperidine rings is 2. The van der Waals surface area contributed by atoms with Crippen molar-refractivity contribution in [3.8, 4) is 5.75 Å². The smallest absolute Gasteiger partial charge is 0.260 e. The summed E-state index contributed by atoms with van der Waals surface area (Å²) in [6.45, 7) is 4.66. The summed E-state index contributed by atoms with van der Waals surface area (Å²) < 4.78 is 7.42. The van der Waals surface area contributed by atoms with Gasteiger partial charge in [0.15, 0.2) is 6.61 Å². The Hall–Kier alpha value is -2.83. The van der Waals surface area contributed by atoms with E-state index in [0.717, 1.165) is 63.1 Å². The number of aryl methyl sites for hydroxylation is 1. The Bertz CT molecular complexity index is 874. The number of aromatic nitrogens is 2. The van der Waals surface area contributed by atoms with Crippen LogP contribution < -0.4 is 4.74 Å². The molecule has 0 N–H and O–H groups in total. The van der Waals surface area contributed by atoms with Crippen LogP contribution in [0.4, 0.5) is 0 Å². The van der Waals surface area contributed by atoms with Crippen molar-refractivity contribution in [2.45, 2.75) is 51.6 Å². The van der Waals surface area contributed by atoms with E-state index >= 15 is 0 Å². The van der Waals surface area contributed by atoms with Crippen LogP contribution in [0.3, 0.4) is 0 Å². The van der Waals surface area contributed by atoms with E-state index < -0.39 is 0 Å². The molecule has 4 rings (SSSR count). The van der Waals surface area contributed by atoms with Gasteiger partial charge in [0.25, 0.3) is 5.91 Å². The van der Waals surface area contributed by atoms with Crippen LogP contribution in [0.5, 0.6) is 5.75 Å². The maximum absolute atomic E-state index is 12.9. The summed E-state index contributed by atoms with van der Waals surface area (Å²) in [7, 11) is 0. The average molecular weight is 425 g/mol. The molecule has 0 spiro atoms. The average Bonchev–Trinajstić information content (AvgIpc) is 3.22. The Morgan fingerprint density at radius 2 is 1.81 bits per heavy atom. The summed E-state index contributed by atoms with van der Waals surface area (Å²) >= 11 is 0. The minimum Gasteiger partial charge on any atom is -0.484 e. The van der Waals surface area contributed by atoms with Gasteiger partial charge < -0.3 is 14.5 Å². The highest BCUT2D eigenvalue weighted by Crippen LogP contribution is 2.31. The molecule has 2 aromatic rings. The predicted molar refractivity (Wildman–Crippen MR) is 118 cm³/mol. The van der Waals surface area contributed by atoms with Gasteiger partial charge in [-0.2, -0.15) is 5.10 Å². The van der Waals surface area contributed by atoms with E-state index in [2.05, 4.69) is 5.10 Å². The van der Waals surface area contributed by atoms with Crippen molar-refractivity contribution in [1.29, 1.82) is 0 Å². The minimum absolute atomic E-state index is 0.0705. The van der Waals surface area contributed by atoms with Crippen LogP contribution in [0.1, 0.15) is 37.7 Å². The van der Waals surface area contributed by atoms with E-state index in [1.54, 1.807) is 10.9 Å². The van der Waals surface area contributed by atoms with Gasteiger partial charge in [0.2, 0.25) is 5.91 Å². The fourth-order valence-corrected chi connectivity index (χ4v) is 4.83.